The minimum atomic E-state index is -0.110. The average molecular weight is 294 g/mol. The Morgan fingerprint density at radius 2 is 2.24 bits per heavy atom. The highest BCUT2D eigenvalue weighted by Gasteiger charge is 2.20. The fourth-order valence-electron chi connectivity index (χ4n) is 2.58. The van der Waals surface area contributed by atoms with Crippen molar-refractivity contribution in [3.05, 3.63) is 35.1 Å². The molecule has 1 saturated heterocycles. The summed E-state index contributed by atoms with van der Waals surface area (Å²) in [5.41, 5.74) is 1.93. The maximum atomic E-state index is 14.0. The molecule has 2 rings (SSSR count). The third kappa shape index (κ3) is 5.06. The van der Waals surface area contributed by atoms with E-state index in [0.717, 1.165) is 44.0 Å². The molecule has 0 radical (unpaired) electrons. The summed E-state index contributed by atoms with van der Waals surface area (Å²) < 4.78 is 19.5. The monoisotopic (exact) mass is 294 g/mol. The third-order valence-corrected chi connectivity index (χ3v) is 3.87. The van der Waals surface area contributed by atoms with Gasteiger partial charge in [0, 0.05) is 31.2 Å². The minimum absolute atomic E-state index is 0.110. The summed E-state index contributed by atoms with van der Waals surface area (Å²) in [5.74, 6) is 0.514. The van der Waals surface area contributed by atoms with Crippen LogP contribution in [0.2, 0.25) is 0 Å². The largest absolute Gasteiger partial charge is 0.379 e. The van der Waals surface area contributed by atoms with Crippen LogP contribution in [0.3, 0.4) is 0 Å². The molecule has 0 amide bonds. The van der Waals surface area contributed by atoms with E-state index in [4.69, 9.17) is 4.74 Å². The summed E-state index contributed by atoms with van der Waals surface area (Å²) in [7, 11) is 0. The van der Waals surface area contributed by atoms with Gasteiger partial charge in [0.2, 0.25) is 0 Å². The number of ether oxygens (including phenoxy) is 1. The van der Waals surface area contributed by atoms with Gasteiger partial charge >= 0.3 is 0 Å². The molecule has 0 spiro atoms. The maximum absolute atomic E-state index is 14.0. The summed E-state index contributed by atoms with van der Waals surface area (Å²) in [6.45, 7) is 11.3. The zero-order valence-corrected chi connectivity index (χ0v) is 13.4. The van der Waals surface area contributed by atoms with E-state index >= 15 is 0 Å². The standard InChI is InChI=1S/C17H27FN2O/c1-13(2)9-19-10-15-4-5-17(18)16(8-15)11-20-6-7-21-12-14(20)3/h4-5,8,13-14,19H,6-7,9-12H2,1-3H3. The first kappa shape index (κ1) is 16.4. The Kier molecular flexibility index (Phi) is 6.15. The molecule has 1 atom stereocenters. The van der Waals surface area contributed by atoms with Crippen LogP contribution in [0.15, 0.2) is 18.2 Å². The van der Waals surface area contributed by atoms with Gasteiger partial charge in [0.25, 0.3) is 0 Å². The second kappa shape index (κ2) is 7.87. The van der Waals surface area contributed by atoms with Crippen molar-refractivity contribution in [3.8, 4) is 0 Å². The van der Waals surface area contributed by atoms with Crippen molar-refractivity contribution in [1.29, 1.82) is 0 Å². The van der Waals surface area contributed by atoms with E-state index in [2.05, 4.69) is 31.0 Å². The first-order valence-corrected chi connectivity index (χ1v) is 7.86. The van der Waals surface area contributed by atoms with Crippen molar-refractivity contribution in [2.45, 2.75) is 39.9 Å². The fourth-order valence-corrected chi connectivity index (χ4v) is 2.58. The molecular formula is C17H27FN2O. The van der Waals surface area contributed by atoms with Gasteiger partial charge in [-0.2, -0.15) is 0 Å². The number of nitrogens with one attached hydrogen (secondary N) is 1. The lowest BCUT2D eigenvalue weighted by Crippen LogP contribution is -2.43. The van der Waals surface area contributed by atoms with Gasteiger partial charge < -0.3 is 10.1 Å². The number of nitrogens with zero attached hydrogens (tertiary/aromatic N) is 1. The normalized spacial score (nSPS) is 20.1. The highest BCUT2D eigenvalue weighted by molar-refractivity contribution is 5.25. The Labute approximate surface area is 127 Å². The molecule has 1 fully saturated rings. The van der Waals surface area contributed by atoms with Gasteiger partial charge in [0.15, 0.2) is 0 Å². The first-order chi connectivity index (χ1) is 10.1. The Balaban J connectivity index is 1.97. The number of benzene rings is 1. The molecule has 1 aromatic carbocycles. The molecule has 1 aromatic rings. The lowest BCUT2D eigenvalue weighted by atomic mass is 10.1. The zero-order chi connectivity index (χ0) is 15.2. The van der Waals surface area contributed by atoms with Gasteiger partial charge in [0.1, 0.15) is 5.82 Å². The Morgan fingerprint density at radius 1 is 1.43 bits per heavy atom. The lowest BCUT2D eigenvalue weighted by molar-refractivity contribution is -0.00481. The van der Waals surface area contributed by atoms with Crippen molar-refractivity contribution < 1.29 is 9.13 Å². The van der Waals surface area contributed by atoms with E-state index in [1.54, 1.807) is 6.07 Å². The van der Waals surface area contributed by atoms with Crippen molar-refractivity contribution >= 4 is 0 Å². The van der Waals surface area contributed by atoms with Crippen LogP contribution in [0, 0.1) is 11.7 Å². The lowest BCUT2D eigenvalue weighted by Gasteiger charge is -2.33. The number of morpholine rings is 1. The fraction of sp³-hybridized carbons (Fsp3) is 0.647. The Hall–Kier alpha value is -0.970. The van der Waals surface area contributed by atoms with E-state index < -0.39 is 0 Å². The molecule has 0 bridgehead atoms. The van der Waals surface area contributed by atoms with Crippen molar-refractivity contribution in [1.82, 2.24) is 10.2 Å². The van der Waals surface area contributed by atoms with E-state index in [1.165, 1.54) is 0 Å². The molecule has 1 aliphatic heterocycles. The van der Waals surface area contributed by atoms with Gasteiger partial charge in [-0.3, -0.25) is 4.90 Å². The quantitative estimate of drug-likeness (QED) is 0.873. The van der Waals surface area contributed by atoms with Crippen LogP contribution in [-0.4, -0.2) is 37.2 Å². The summed E-state index contributed by atoms with van der Waals surface area (Å²) in [6, 6.07) is 5.80. The SMILES string of the molecule is CC(C)CNCc1ccc(F)c(CN2CCOCC2C)c1. The van der Waals surface area contributed by atoms with Gasteiger partial charge in [-0.25, -0.2) is 4.39 Å². The van der Waals surface area contributed by atoms with Crippen LogP contribution in [0.25, 0.3) is 0 Å². The first-order valence-electron chi connectivity index (χ1n) is 7.86. The summed E-state index contributed by atoms with van der Waals surface area (Å²) in [5, 5.41) is 3.40. The summed E-state index contributed by atoms with van der Waals surface area (Å²) in [6.07, 6.45) is 0. The highest BCUT2D eigenvalue weighted by atomic mass is 19.1. The van der Waals surface area contributed by atoms with Crippen LogP contribution in [0.5, 0.6) is 0 Å². The summed E-state index contributed by atoms with van der Waals surface area (Å²) in [4.78, 5) is 2.28. The third-order valence-electron chi connectivity index (χ3n) is 3.87. The van der Waals surface area contributed by atoms with Crippen LogP contribution in [0.4, 0.5) is 4.39 Å². The van der Waals surface area contributed by atoms with Crippen LogP contribution in [-0.2, 0) is 17.8 Å². The molecule has 4 heteroatoms. The predicted molar refractivity (Wildman–Crippen MR) is 83.6 cm³/mol. The second-order valence-electron chi connectivity index (χ2n) is 6.34. The molecule has 0 saturated carbocycles. The maximum Gasteiger partial charge on any atom is 0.127 e. The number of hydrogen-bond acceptors (Lipinski definition) is 3. The molecule has 1 heterocycles. The van der Waals surface area contributed by atoms with Crippen molar-refractivity contribution in [2.24, 2.45) is 5.92 Å². The Morgan fingerprint density at radius 3 is 2.95 bits per heavy atom. The van der Waals surface area contributed by atoms with Gasteiger partial charge in [-0.15, -0.1) is 0 Å². The van der Waals surface area contributed by atoms with E-state index in [9.17, 15) is 4.39 Å². The van der Waals surface area contributed by atoms with Crippen LogP contribution in [0.1, 0.15) is 31.9 Å². The van der Waals surface area contributed by atoms with E-state index in [1.807, 2.05) is 12.1 Å². The smallest absolute Gasteiger partial charge is 0.127 e. The molecule has 0 aromatic heterocycles. The van der Waals surface area contributed by atoms with E-state index in [0.29, 0.717) is 18.5 Å². The van der Waals surface area contributed by atoms with Gasteiger partial charge in [-0.05, 0) is 31.0 Å². The average Bonchev–Trinajstić information content (AvgIpc) is 2.44. The molecule has 21 heavy (non-hydrogen) atoms. The van der Waals surface area contributed by atoms with Crippen LogP contribution >= 0.6 is 0 Å². The highest BCUT2D eigenvalue weighted by Crippen LogP contribution is 2.16. The zero-order valence-electron chi connectivity index (χ0n) is 13.4. The number of rotatable bonds is 6. The van der Waals surface area contributed by atoms with Gasteiger partial charge in [-0.1, -0.05) is 26.0 Å². The van der Waals surface area contributed by atoms with Gasteiger partial charge in [0.05, 0.1) is 13.2 Å². The summed E-state index contributed by atoms with van der Waals surface area (Å²) >= 11 is 0. The number of hydrogen-bond donors (Lipinski definition) is 1. The van der Waals surface area contributed by atoms with Crippen molar-refractivity contribution in [3.63, 3.8) is 0 Å². The molecular weight excluding hydrogens is 267 g/mol. The second-order valence-corrected chi connectivity index (χ2v) is 6.34. The van der Waals surface area contributed by atoms with Crippen LogP contribution < -0.4 is 5.32 Å². The Bertz CT molecular complexity index is 450. The number of halogens is 1. The molecule has 0 aliphatic carbocycles. The minimum Gasteiger partial charge on any atom is -0.379 e. The molecule has 1 N–H and O–H groups in total. The van der Waals surface area contributed by atoms with Crippen molar-refractivity contribution in [2.75, 3.05) is 26.3 Å². The molecule has 3 nitrogen and oxygen atoms in total. The molecule has 1 unspecified atom stereocenters. The molecule has 1 aliphatic rings. The molecule has 118 valence electrons. The topological polar surface area (TPSA) is 24.5 Å². The van der Waals surface area contributed by atoms with E-state index in [-0.39, 0.29) is 5.82 Å². The predicted octanol–water partition coefficient (Wildman–Crippen LogP) is 2.79.